The summed E-state index contributed by atoms with van der Waals surface area (Å²) in [6.07, 6.45) is 0.821. The first kappa shape index (κ1) is 9.71. The molecule has 0 amide bonds. The molecule has 0 radical (unpaired) electrons. The average Bonchev–Trinajstić information content (AvgIpc) is 2.03. The molecule has 0 unspecified atom stereocenters. The second kappa shape index (κ2) is 4.03. The first-order valence-electron chi connectivity index (χ1n) is 4.29. The topological polar surface area (TPSA) is 50.2 Å². The lowest BCUT2D eigenvalue weighted by Gasteiger charge is -2.03. The van der Waals surface area contributed by atoms with Crippen LogP contribution < -0.4 is 0 Å². The molecule has 0 aliphatic heterocycles. The van der Waals surface area contributed by atoms with Gasteiger partial charge in [0, 0.05) is 5.69 Å². The van der Waals surface area contributed by atoms with Crippen LogP contribution in [0.1, 0.15) is 30.0 Å². The van der Waals surface area contributed by atoms with Crippen LogP contribution in [0, 0.1) is 5.92 Å². The Labute approximate surface area is 77.4 Å². The molecule has 1 aromatic heterocycles. The average molecular weight is 179 g/mol. The lowest BCUT2D eigenvalue weighted by Crippen LogP contribution is -2.04. The van der Waals surface area contributed by atoms with Gasteiger partial charge in [0.1, 0.15) is 5.69 Å². The van der Waals surface area contributed by atoms with Crippen LogP contribution in [0.15, 0.2) is 18.2 Å². The fraction of sp³-hybridized carbons (Fsp3) is 0.400. The standard InChI is InChI=1S/C10H13NO2/c1-7(2)6-8-4-3-5-9(11-8)10(12)13/h3-5,7H,6H2,1-2H3,(H,12,13). The van der Waals surface area contributed by atoms with E-state index < -0.39 is 5.97 Å². The molecule has 0 aliphatic rings. The van der Waals surface area contributed by atoms with Gasteiger partial charge in [-0.2, -0.15) is 0 Å². The summed E-state index contributed by atoms with van der Waals surface area (Å²) in [6, 6.07) is 5.09. The molecule has 0 fully saturated rings. The van der Waals surface area contributed by atoms with Gasteiger partial charge >= 0.3 is 5.97 Å². The third-order valence-corrected chi connectivity index (χ3v) is 1.64. The Morgan fingerprint density at radius 2 is 2.23 bits per heavy atom. The number of aromatic nitrogens is 1. The first-order valence-corrected chi connectivity index (χ1v) is 4.29. The van der Waals surface area contributed by atoms with E-state index in [1.165, 1.54) is 6.07 Å². The molecule has 1 aromatic rings. The summed E-state index contributed by atoms with van der Waals surface area (Å²) in [5.41, 5.74) is 0.966. The van der Waals surface area contributed by atoms with Gasteiger partial charge in [-0.1, -0.05) is 19.9 Å². The summed E-state index contributed by atoms with van der Waals surface area (Å²) in [5, 5.41) is 8.68. The van der Waals surface area contributed by atoms with Crippen LogP contribution in [0.5, 0.6) is 0 Å². The maximum atomic E-state index is 10.6. The van der Waals surface area contributed by atoms with Gasteiger partial charge in [0.25, 0.3) is 0 Å². The molecule has 1 N–H and O–H groups in total. The molecule has 0 aromatic carbocycles. The zero-order valence-electron chi connectivity index (χ0n) is 7.82. The molecule has 0 spiro atoms. The Balaban J connectivity index is 2.85. The molecule has 70 valence electrons. The van der Waals surface area contributed by atoms with Crippen molar-refractivity contribution in [3.63, 3.8) is 0 Å². The number of rotatable bonds is 3. The van der Waals surface area contributed by atoms with Crippen LogP contribution >= 0.6 is 0 Å². The van der Waals surface area contributed by atoms with Gasteiger partial charge < -0.3 is 5.11 Å². The second-order valence-electron chi connectivity index (χ2n) is 3.42. The van der Waals surface area contributed by atoms with E-state index in [0.717, 1.165) is 12.1 Å². The Bertz CT molecular complexity index is 308. The van der Waals surface area contributed by atoms with Crippen LogP contribution in [0.2, 0.25) is 0 Å². The smallest absolute Gasteiger partial charge is 0.354 e. The highest BCUT2D eigenvalue weighted by Gasteiger charge is 2.05. The number of carboxylic acid groups (broad SMARTS) is 1. The minimum atomic E-state index is -0.967. The first-order chi connectivity index (χ1) is 6.09. The number of hydrogen-bond donors (Lipinski definition) is 1. The van der Waals surface area contributed by atoms with Gasteiger partial charge in [-0.15, -0.1) is 0 Å². The summed E-state index contributed by atoms with van der Waals surface area (Å²) in [6.45, 7) is 4.16. The molecule has 0 bridgehead atoms. The number of carbonyl (C=O) groups is 1. The molecule has 0 saturated carbocycles. The van der Waals surface area contributed by atoms with Crippen molar-refractivity contribution in [1.29, 1.82) is 0 Å². The van der Waals surface area contributed by atoms with Crippen molar-refractivity contribution >= 4 is 5.97 Å². The fourth-order valence-electron chi connectivity index (χ4n) is 1.13. The van der Waals surface area contributed by atoms with E-state index in [4.69, 9.17) is 5.11 Å². The van der Waals surface area contributed by atoms with Gasteiger partial charge in [-0.05, 0) is 24.5 Å². The van der Waals surface area contributed by atoms with Crippen molar-refractivity contribution in [2.24, 2.45) is 5.92 Å². The maximum Gasteiger partial charge on any atom is 0.354 e. The van der Waals surface area contributed by atoms with Gasteiger partial charge in [0.15, 0.2) is 0 Å². The van der Waals surface area contributed by atoms with E-state index in [2.05, 4.69) is 18.8 Å². The van der Waals surface area contributed by atoms with E-state index in [9.17, 15) is 4.79 Å². The summed E-state index contributed by atoms with van der Waals surface area (Å²) in [4.78, 5) is 14.6. The van der Waals surface area contributed by atoms with E-state index >= 15 is 0 Å². The molecule has 0 saturated heterocycles. The molecular formula is C10H13NO2. The van der Waals surface area contributed by atoms with Crippen molar-refractivity contribution in [2.45, 2.75) is 20.3 Å². The van der Waals surface area contributed by atoms with Crippen molar-refractivity contribution in [1.82, 2.24) is 4.98 Å². The Morgan fingerprint density at radius 1 is 1.54 bits per heavy atom. The van der Waals surface area contributed by atoms with Gasteiger partial charge in [0.05, 0.1) is 0 Å². The Hall–Kier alpha value is -1.38. The molecule has 0 atom stereocenters. The summed E-state index contributed by atoms with van der Waals surface area (Å²) in [7, 11) is 0. The Morgan fingerprint density at radius 3 is 2.77 bits per heavy atom. The summed E-state index contributed by atoms with van der Waals surface area (Å²) >= 11 is 0. The zero-order chi connectivity index (χ0) is 9.84. The zero-order valence-corrected chi connectivity index (χ0v) is 7.82. The lowest BCUT2D eigenvalue weighted by molar-refractivity contribution is 0.0690. The van der Waals surface area contributed by atoms with Crippen molar-refractivity contribution in [3.8, 4) is 0 Å². The van der Waals surface area contributed by atoms with Crippen LogP contribution in [0.3, 0.4) is 0 Å². The van der Waals surface area contributed by atoms with E-state index in [0.29, 0.717) is 5.92 Å². The van der Waals surface area contributed by atoms with Crippen LogP contribution in [0.4, 0.5) is 0 Å². The molecule has 3 nitrogen and oxygen atoms in total. The van der Waals surface area contributed by atoms with E-state index in [-0.39, 0.29) is 5.69 Å². The van der Waals surface area contributed by atoms with Crippen molar-refractivity contribution in [3.05, 3.63) is 29.6 Å². The maximum absolute atomic E-state index is 10.6. The monoisotopic (exact) mass is 179 g/mol. The highest BCUT2D eigenvalue weighted by molar-refractivity contribution is 5.85. The minimum absolute atomic E-state index is 0.123. The molecule has 13 heavy (non-hydrogen) atoms. The number of nitrogens with zero attached hydrogens (tertiary/aromatic N) is 1. The van der Waals surface area contributed by atoms with Gasteiger partial charge in [-0.3, -0.25) is 0 Å². The van der Waals surface area contributed by atoms with Crippen LogP contribution in [0.25, 0.3) is 0 Å². The molecule has 1 rings (SSSR count). The van der Waals surface area contributed by atoms with Gasteiger partial charge in [0.2, 0.25) is 0 Å². The predicted octanol–water partition coefficient (Wildman–Crippen LogP) is 1.98. The quantitative estimate of drug-likeness (QED) is 0.771. The summed E-state index contributed by atoms with van der Waals surface area (Å²) in [5.74, 6) is -0.470. The third kappa shape index (κ3) is 2.86. The van der Waals surface area contributed by atoms with E-state index in [1.807, 2.05) is 6.07 Å². The number of hydrogen-bond acceptors (Lipinski definition) is 2. The number of pyridine rings is 1. The molecular weight excluding hydrogens is 166 g/mol. The van der Waals surface area contributed by atoms with E-state index in [1.54, 1.807) is 6.07 Å². The largest absolute Gasteiger partial charge is 0.477 e. The minimum Gasteiger partial charge on any atom is -0.477 e. The SMILES string of the molecule is CC(C)Cc1cccc(C(=O)O)n1. The highest BCUT2D eigenvalue weighted by Crippen LogP contribution is 2.06. The van der Waals surface area contributed by atoms with Gasteiger partial charge in [-0.25, -0.2) is 9.78 Å². The highest BCUT2D eigenvalue weighted by atomic mass is 16.4. The summed E-state index contributed by atoms with van der Waals surface area (Å²) < 4.78 is 0. The second-order valence-corrected chi connectivity index (χ2v) is 3.42. The third-order valence-electron chi connectivity index (χ3n) is 1.64. The van der Waals surface area contributed by atoms with Crippen LogP contribution in [-0.2, 0) is 6.42 Å². The normalized spacial score (nSPS) is 10.4. The predicted molar refractivity (Wildman–Crippen MR) is 49.7 cm³/mol. The van der Waals surface area contributed by atoms with Crippen LogP contribution in [-0.4, -0.2) is 16.1 Å². The molecule has 0 aliphatic carbocycles. The van der Waals surface area contributed by atoms with Crippen molar-refractivity contribution in [2.75, 3.05) is 0 Å². The molecule has 3 heteroatoms. The Kier molecular flexibility index (Phi) is 3.01. The fourth-order valence-corrected chi connectivity index (χ4v) is 1.13. The van der Waals surface area contributed by atoms with Crippen molar-refractivity contribution < 1.29 is 9.90 Å². The molecule has 1 heterocycles. The number of carboxylic acids is 1. The number of aromatic carboxylic acids is 1. The lowest BCUT2D eigenvalue weighted by atomic mass is 10.1.